The summed E-state index contributed by atoms with van der Waals surface area (Å²) >= 11 is 0. The molecule has 2 aromatic rings. The Labute approximate surface area is 116 Å². The standard InChI is InChI=1S/C10H11N5O2S.ClH/c11-7-1-3-8(4-2-7)18(16,17)15-9-5-6-13-10(12)14-9;/h1-6H,11H2,(H3,12,13,14,15);1H. The summed E-state index contributed by atoms with van der Waals surface area (Å²) in [6.07, 6.45) is 1.36. The van der Waals surface area contributed by atoms with Crippen LogP contribution in [-0.2, 0) is 10.0 Å². The van der Waals surface area contributed by atoms with Crippen molar-refractivity contribution in [3.63, 3.8) is 0 Å². The quantitative estimate of drug-likeness (QED) is 0.722. The van der Waals surface area contributed by atoms with Crippen molar-refractivity contribution in [1.29, 1.82) is 0 Å². The van der Waals surface area contributed by atoms with E-state index in [9.17, 15) is 8.42 Å². The summed E-state index contributed by atoms with van der Waals surface area (Å²) in [5, 5.41) is 0. The number of halogens is 1. The first-order valence-corrected chi connectivity index (χ1v) is 6.42. The second-order valence-corrected chi connectivity index (χ2v) is 5.16. The van der Waals surface area contributed by atoms with Gasteiger partial charge in [0.25, 0.3) is 10.0 Å². The third kappa shape index (κ3) is 3.70. The lowest BCUT2D eigenvalue weighted by Crippen LogP contribution is -2.14. The third-order valence-electron chi connectivity index (χ3n) is 2.10. The third-order valence-corrected chi connectivity index (χ3v) is 3.47. The minimum Gasteiger partial charge on any atom is -0.399 e. The molecule has 5 N–H and O–H groups in total. The van der Waals surface area contributed by atoms with Crippen molar-refractivity contribution in [2.24, 2.45) is 0 Å². The predicted octanol–water partition coefficient (Wildman–Crippen LogP) is 0.864. The molecule has 0 aliphatic heterocycles. The van der Waals surface area contributed by atoms with E-state index in [1.54, 1.807) is 0 Å². The topological polar surface area (TPSA) is 124 Å². The molecule has 0 aliphatic rings. The van der Waals surface area contributed by atoms with E-state index in [1.807, 2.05) is 0 Å². The van der Waals surface area contributed by atoms with Gasteiger partial charge in [-0.3, -0.25) is 4.72 Å². The molecule has 19 heavy (non-hydrogen) atoms. The van der Waals surface area contributed by atoms with Gasteiger partial charge in [0.05, 0.1) is 4.90 Å². The number of anilines is 3. The first kappa shape index (κ1) is 15.0. The summed E-state index contributed by atoms with van der Waals surface area (Å²) in [5.74, 6) is 0.104. The number of nitrogens with one attached hydrogen (secondary N) is 1. The van der Waals surface area contributed by atoms with Gasteiger partial charge in [-0.1, -0.05) is 0 Å². The molecule has 0 radical (unpaired) electrons. The number of sulfonamides is 1. The van der Waals surface area contributed by atoms with Crippen LogP contribution in [0.2, 0.25) is 0 Å². The van der Waals surface area contributed by atoms with Gasteiger partial charge in [0, 0.05) is 11.9 Å². The summed E-state index contributed by atoms with van der Waals surface area (Å²) in [7, 11) is -3.70. The Kier molecular flexibility index (Phi) is 4.52. The predicted molar refractivity (Wildman–Crippen MR) is 75.4 cm³/mol. The number of nitrogen functional groups attached to an aromatic ring is 2. The maximum Gasteiger partial charge on any atom is 0.263 e. The van der Waals surface area contributed by atoms with Crippen LogP contribution in [0.25, 0.3) is 0 Å². The molecule has 7 nitrogen and oxygen atoms in total. The number of hydrogen-bond donors (Lipinski definition) is 3. The van der Waals surface area contributed by atoms with Gasteiger partial charge in [-0.2, -0.15) is 4.98 Å². The largest absolute Gasteiger partial charge is 0.399 e. The van der Waals surface area contributed by atoms with Crippen LogP contribution in [0.3, 0.4) is 0 Å². The van der Waals surface area contributed by atoms with Crippen molar-refractivity contribution in [1.82, 2.24) is 9.97 Å². The Bertz CT molecular complexity index is 660. The lowest BCUT2D eigenvalue weighted by molar-refractivity contribution is 0.601. The zero-order valence-corrected chi connectivity index (χ0v) is 11.3. The molecule has 0 aliphatic carbocycles. The van der Waals surface area contributed by atoms with Crippen LogP contribution < -0.4 is 16.2 Å². The Morgan fingerprint density at radius 1 is 1.05 bits per heavy atom. The van der Waals surface area contributed by atoms with E-state index in [1.165, 1.54) is 36.5 Å². The molecule has 0 atom stereocenters. The summed E-state index contributed by atoms with van der Waals surface area (Å²) in [5.41, 5.74) is 11.3. The van der Waals surface area contributed by atoms with Crippen LogP contribution in [0, 0.1) is 0 Å². The van der Waals surface area contributed by atoms with Crippen molar-refractivity contribution < 1.29 is 8.42 Å². The average Bonchev–Trinajstić information content (AvgIpc) is 2.29. The monoisotopic (exact) mass is 301 g/mol. The van der Waals surface area contributed by atoms with Gasteiger partial charge in [-0.05, 0) is 30.3 Å². The lowest BCUT2D eigenvalue weighted by Gasteiger charge is -2.07. The van der Waals surface area contributed by atoms with Crippen molar-refractivity contribution in [2.45, 2.75) is 4.90 Å². The fraction of sp³-hybridized carbons (Fsp3) is 0. The number of benzene rings is 1. The maximum absolute atomic E-state index is 12.0. The minimum absolute atomic E-state index is 0. The van der Waals surface area contributed by atoms with Gasteiger partial charge >= 0.3 is 0 Å². The van der Waals surface area contributed by atoms with E-state index in [2.05, 4.69) is 14.7 Å². The van der Waals surface area contributed by atoms with E-state index in [0.717, 1.165) is 0 Å². The van der Waals surface area contributed by atoms with E-state index in [-0.39, 0.29) is 29.1 Å². The molecule has 0 bridgehead atoms. The maximum atomic E-state index is 12.0. The molecule has 0 fully saturated rings. The fourth-order valence-corrected chi connectivity index (χ4v) is 2.28. The van der Waals surface area contributed by atoms with Crippen LogP contribution in [0.15, 0.2) is 41.4 Å². The summed E-state index contributed by atoms with van der Waals surface area (Å²) < 4.78 is 26.2. The number of hydrogen-bond acceptors (Lipinski definition) is 6. The van der Waals surface area contributed by atoms with Crippen LogP contribution >= 0.6 is 12.4 Å². The number of rotatable bonds is 3. The molecular formula is C10H12ClN5O2S. The van der Waals surface area contributed by atoms with Crippen LogP contribution in [-0.4, -0.2) is 18.4 Å². The first-order valence-electron chi connectivity index (χ1n) is 4.94. The highest BCUT2D eigenvalue weighted by Crippen LogP contribution is 2.15. The number of nitrogens with zero attached hydrogens (tertiary/aromatic N) is 2. The average molecular weight is 302 g/mol. The second-order valence-electron chi connectivity index (χ2n) is 3.47. The Hall–Kier alpha value is -2.06. The molecule has 0 saturated carbocycles. The summed E-state index contributed by atoms with van der Waals surface area (Å²) in [6, 6.07) is 7.22. The Balaban J connectivity index is 0.00000180. The molecule has 102 valence electrons. The number of nitrogens with two attached hydrogens (primary N) is 2. The SMILES string of the molecule is Cl.Nc1ccc(S(=O)(=O)Nc2ccnc(N)n2)cc1. The lowest BCUT2D eigenvalue weighted by atomic mass is 10.3. The van der Waals surface area contributed by atoms with E-state index in [0.29, 0.717) is 5.69 Å². The van der Waals surface area contributed by atoms with Gasteiger partial charge in [-0.15, -0.1) is 12.4 Å². The van der Waals surface area contributed by atoms with Gasteiger partial charge in [0.1, 0.15) is 5.82 Å². The molecule has 0 amide bonds. The zero-order chi connectivity index (χ0) is 13.2. The van der Waals surface area contributed by atoms with Gasteiger partial charge in [0.15, 0.2) is 0 Å². The van der Waals surface area contributed by atoms with Gasteiger partial charge in [-0.25, -0.2) is 13.4 Å². The van der Waals surface area contributed by atoms with Gasteiger partial charge < -0.3 is 11.5 Å². The van der Waals surface area contributed by atoms with Crippen molar-refractivity contribution in [2.75, 3.05) is 16.2 Å². The van der Waals surface area contributed by atoms with Crippen LogP contribution in [0.5, 0.6) is 0 Å². The minimum atomic E-state index is -3.70. The Morgan fingerprint density at radius 2 is 1.68 bits per heavy atom. The zero-order valence-electron chi connectivity index (χ0n) is 9.65. The number of aromatic nitrogens is 2. The molecule has 0 unspecified atom stereocenters. The summed E-state index contributed by atoms with van der Waals surface area (Å²) in [4.78, 5) is 7.51. The smallest absolute Gasteiger partial charge is 0.263 e. The molecule has 1 aromatic heterocycles. The van der Waals surface area contributed by atoms with Crippen LogP contribution in [0.4, 0.5) is 17.5 Å². The molecule has 9 heteroatoms. The molecule has 2 rings (SSSR count). The molecule has 0 saturated heterocycles. The molecule has 0 spiro atoms. The highest BCUT2D eigenvalue weighted by Gasteiger charge is 2.14. The van der Waals surface area contributed by atoms with E-state index >= 15 is 0 Å². The fourth-order valence-electron chi connectivity index (χ4n) is 1.27. The van der Waals surface area contributed by atoms with Crippen molar-refractivity contribution >= 4 is 39.9 Å². The van der Waals surface area contributed by atoms with E-state index in [4.69, 9.17) is 11.5 Å². The van der Waals surface area contributed by atoms with Crippen LogP contribution in [0.1, 0.15) is 0 Å². The highest BCUT2D eigenvalue weighted by atomic mass is 35.5. The first-order chi connectivity index (χ1) is 8.47. The van der Waals surface area contributed by atoms with Crippen molar-refractivity contribution in [3.05, 3.63) is 36.5 Å². The van der Waals surface area contributed by atoms with Crippen molar-refractivity contribution in [3.8, 4) is 0 Å². The van der Waals surface area contributed by atoms with E-state index < -0.39 is 10.0 Å². The normalized spacial score (nSPS) is 10.5. The molecule has 1 aromatic carbocycles. The molecule has 1 heterocycles. The molecular weight excluding hydrogens is 290 g/mol. The highest BCUT2D eigenvalue weighted by molar-refractivity contribution is 7.92. The van der Waals surface area contributed by atoms with Gasteiger partial charge in [0.2, 0.25) is 5.95 Å². The summed E-state index contributed by atoms with van der Waals surface area (Å²) in [6.45, 7) is 0. The second kappa shape index (κ2) is 5.72. The Morgan fingerprint density at radius 3 is 2.26 bits per heavy atom.